The molecule has 0 aliphatic carbocycles. The molecule has 0 unspecified atom stereocenters. The van der Waals surface area contributed by atoms with Gasteiger partial charge in [0.2, 0.25) is 0 Å². The molecule has 17 heavy (non-hydrogen) atoms. The predicted molar refractivity (Wildman–Crippen MR) is 82.6 cm³/mol. The minimum Gasteiger partial charge on any atom is -0.371 e. The van der Waals surface area contributed by atoms with Crippen molar-refractivity contribution in [2.24, 2.45) is 5.92 Å². The van der Waals surface area contributed by atoms with Gasteiger partial charge >= 0.3 is 0 Å². The minimum atomic E-state index is -0.182. The Labute approximate surface area is 119 Å². The average Bonchev–Trinajstić information content (AvgIpc) is 2.28. The Morgan fingerprint density at radius 2 is 1.76 bits per heavy atom. The Hall–Kier alpha value is -0.0900. The first kappa shape index (κ1) is 15.0. The van der Waals surface area contributed by atoms with E-state index in [0.29, 0.717) is 5.92 Å². The van der Waals surface area contributed by atoms with E-state index < -0.39 is 0 Å². The second-order valence-corrected chi connectivity index (χ2v) is 6.13. The van der Waals surface area contributed by atoms with E-state index >= 15 is 0 Å². The maximum Gasteiger partial charge on any atom is 0.0875 e. The van der Waals surface area contributed by atoms with Crippen molar-refractivity contribution in [3.8, 4) is 0 Å². The van der Waals surface area contributed by atoms with E-state index in [1.165, 1.54) is 11.1 Å². The monoisotopic (exact) mass is 346 g/mol. The molecule has 1 aromatic carbocycles. The van der Waals surface area contributed by atoms with Crippen molar-refractivity contribution in [3.63, 3.8) is 0 Å². The number of rotatable bonds is 6. The van der Waals surface area contributed by atoms with Gasteiger partial charge in [-0.15, -0.1) is 0 Å². The first-order chi connectivity index (χ1) is 7.95. The molecule has 0 saturated carbocycles. The number of hydrogen-bond donors (Lipinski definition) is 0. The third-order valence-corrected chi connectivity index (χ3v) is 3.84. The lowest BCUT2D eigenvalue weighted by molar-refractivity contribution is -0.0262. The fourth-order valence-electron chi connectivity index (χ4n) is 1.63. The van der Waals surface area contributed by atoms with Gasteiger partial charge in [0.1, 0.15) is 0 Å². The van der Waals surface area contributed by atoms with Gasteiger partial charge in [0.05, 0.1) is 5.60 Å². The molecule has 0 bridgehead atoms. The Balaban J connectivity index is 2.61. The van der Waals surface area contributed by atoms with E-state index in [1.807, 2.05) is 0 Å². The number of ether oxygens (including phenoxy) is 1. The van der Waals surface area contributed by atoms with Crippen molar-refractivity contribution in [2.45, 2.75) is 44.1 Å². The summed E-state index contributed by atoms with van der Waals surface area (Å²) in [5.74, 6) is 0.701. The van der Waals surface area contributed by atoms with Crippen molar-refractivity contribution in [1.82, 2.24) is 0 Å². The highest BCUT2D eigenvalue weighted by atomic mass is 127. The first-order valence-corrected chi connectivity index (χ1v) is 7.77. The van der Waals surface area contributed by atoms with Gasteiger partial charge in [0, 0.05) is 11.0 Å². The molecular weight excluding hydrogens is 323 g/mol. The van der Waals surface area contributed by atoms with Crippen LogP contribution in [0.15, 0.2) is 24.3 Å². The summed E-state index contributed by atoms with van der Waals surface area (Å²) in [6.45, 7) is 9.58. The predicted octanol–water partition coefficient (Wildman–Crippen LogP) is 4.92. The molecular formula is C15H23IO. The van der Waals surface area contributed by atoms with Crippen molar-refractivity contribution >= 4 is 22.6 Å². The molecule has 0 amide bonds. The van der Waals surface area contributed by atoms with Crippen LogP contribution < -0.4 is 0 Å². The zero-order valence-corrected chi connectivity index (χ0v) is 13.5. The molecule has 96 valence electrons. The SMILES string of the molecule is CC(C)CCOC(C)(C)c1ccc(CI)cc1. The van der Waals surface area contributed by atoms with Crippen LogP contribution in [-0.2, 0) is 14.8 Å². The van der Waals surface area contributed by atoms with E-state index in [4.69, 9.17) is 4.74 Å². The third kappa shape index (κ3) is 4.96. The molecule has 2 heteroatoms. The van der Waals surface area contributed by atoms with Gasteiger partial charge in [-0.2, -0.15) is 0 Å². The molecule has 1 aromatic rings. The molecule has 0 heterocycles. The van der Waals surface area contributed by atoms with E-state index in [2.05, 4.69) is 74.6 Å². The van der Waals surface area contributed by atoms with Gasteiger partial charge in [-0.25, -0.2) is 0 Å². The molecule has 1 nitrogen and oxygen atoms in total. The second-order valence-electron chi connectivity index (χ2n) is 5.37. The van der Waals surface area contributed by atoms with Crippen molar-refractivity contribution in [2.75, 3.05) is 6.61 Å². The summed E-state index contributed by atoms with van der Waals surface area (Å²) in [7, 11) is 0. The average molecular weight is 346 g/mol. The molecule has 0 fully saturated rings. The maximum atomic E-state index is 6.00. The molecule has 0 aliphatic rings. The van der Waals surface area contributed by atoms with Gasteiger partial charge in [-0.3, -0.25) is 0 Å². The quantitative estimate of drug-likeness (QED) is 0.525. The van der Waals surface area contributed by atoms with E-state index in [1.54, 1.807) is 0 Å². The number of alkyl halides is 1. The summed E-state index contributed by atoms with van der Waals surface area (Å²) in [5.41, 5.74) is 2.45. The van der Waals surface area contributed by atoms with Crippen LogP contribution in [0.1, 0.15) is 45.2 Å². The smallest absolute Gasteiger partial charge is 0.0875 e. The lowest BCUT2D eigenvalue weighted by atomic mass is 9.97. The van der Waals surface area contributed by atoms with Crippen LogP contribution in [0, 0.1) is 5.92 Å². The topological polar surface area (TPSA) is 9.23 Å². The van der Waals surface area contributed by atoms with Crippen LogP contribution in [0.25, 0.3) is 0 Å². The van der Waals surface area contributed by atoms with Crippen LogP contribution in [0.4, 0.5) is 0 Å². The van der Waals surface area contributed by atoms with Gasteiger partial charge in [-0.1, -0.05) is 60.7 Å². The summed E-state index contributed by atoms with van der Waals surface area (Å²) in [5, 5.41) is 0. The van der Waals surface area contributed by atoms with Crippen molar-refractivity contribution in [1.29, 1.82) is 0 Å². The summed E-state index contributed by atoms with van der Waals surface area (Å²) < 4.78 is 7.06. The summed E-state index contributed by atoms with van der Waals surface area (Å²) >= 11 is 2.38. The maximum absolute atomic E-state index is 6.00. The van der Waals surface area contributed by atoms with Gasteiger partial charge in [0.15, 0.2) is 0 Å². The van der Waals surface area contributed by atoms with E-state index in [0.717, 1.165) is 17.5 Å². The third-order valence-electron chi connectivity index (χ3n) is 2.96. The van der Waals surface area contributed by atoms with E-state index in [9.17, 15) is 0 Å². The van der Waals surface area contributed by atoms with Crippen LogP contribution in [-0.4, -0.2) is 6.61 Å². The molecule has 0 aliphatic heterocycles. The number of halogens is 1. The van der Waals surface area contributed by atoms with Crippen LogP contribution in [0.3, 0.4) is 0 Å². The first-order valence-electron chi connectivity index (χ1n) is 6.25. The molecule has 0 saturated heterocycles. The minimum absolute atomic E-state index is 0.182. The molecule has 1 rings (SSSR count). The van der Waals surface area contributed by atoms with Crippen LogP contribution >= 0.6 is 22.6 Å². The summed E-state index contributed by atoms with van der Waals surface area (Å²) in [6, 6.07) is 8.75. The molecule has 0 atom stereocenters. The fourth-order valence-corrected chi connectivity index (χ4v) is 2.14. The zero-order chi connectivity index (χ0) is 12.9. The Morgan fingerprint density at radius 1 is 1.18 bits per heavy atom. The van der Waals surface area contributed by atoms with Crippen LogP contribution in [0.5, 0.6) is 0 Å². The van der Waals surface area contributed by atoms with Gasteiger partial charge in [0.25, 0.3) is 0 Å². The molecule has 0 radical (unpaired) electrons. The molecule has 0 aromatic heterocycles. The zero-order valence-electron chi connectivity index (χ0n) is 11.3. The Bertz CT molecular complexity index is 327. The highest BCUT2D eigenvalue weighted by molar-refractivity contribution is 14.1. The highest BCUT2D eigenvalue weighted by Crippen LogP contribution is 2.25. The number of benzene rings is 1. The molecule has 0 N–H and O–H groups in total. The lowest BCUT2D eigenvalue weighted by Crippen LogP contribution is -2.22. The summed E-state index contributed by atoms with van der Waals surface area (Å²) in [4.78, 5) is 0. The van der Waals surface area contributed by atoms with E-state index in [-0.39, 0.29) is 5.60 Å². The number of hydrogen-bond acceptors (Lipinski definition) is 1. The molecule has 0 spiro atoms. The van der Waals surface area contributed by atoms with Crippen LogP contribution in [0.2, 0.25) is 0 Å². The highest BCUT2D eigenvalue weighted by Gasteiger charge is 2.20. The lowest BCUT2D eigenvalue weighted by Gasteiger charge is -2.26. The standard InChI is InChI=1S/C15H23IO/c1-12(2)9-10-17-15(3,4)14-7-5-13(11-16)6-8-14/h5-8,12H,9-11H2,1-4H3. The van der Waals surface area contributed by atoms with Gasteiger partial charge in [-0.05, 0) is 37.3 Å². The largest absolute Gasteiger partial charge is 0.371 e. The van der Waals surface area contributed by atoms with Crippen molar-refractivity contribution < 1.29 is 4.74 Å². The normalized spacial score (nSPS) is 12.1. The van der Waals surface area contributed by atoms with Gasteiger partial charge < -0.3 is 4.74 Å². The summed E-state index contributed by atoms with van der Waals surface area (Å²) in [6.07, 6.45) is 1.12. The second kappa shape index (κ2) is 6.74. The van der Waals surface area contributed by atoms with Crippen molar-refractivity contribution in [3.05, 3.63) is 35.4 Å². The Kier molecular flexibility index (Phi) is 5.93. The Morgan fingerprint density at radius 3 is 2.24 bits per heavy atom. The fraction of sp³-hybridized carbons (Fsp3) is 0.600.